The Labute approximate surface area is 109 Å². The number of nitrogens with zero attached hydrogens (tertiary/aromatic N) is 1. The Morgan fingerprint density at radius 1 is 1.18 bits per heavy atom. The van der Waals surface area contributed by atoms with Gasteiger partial charge in [-0.25, -0.2) is 0 Å². The van der Waals surface area contributed by atoms with Crippen LogP contribution in [0.25, 0.3) is 0 Å². The number of anilines is 1. The summed E-state index contributed by atoms with van der Waals surface area (Å²) < 4.78 is 6.58. The Morgan fingerprint density at radius 2 is 2.06 bits per heavy atom. The van der Waals surface area contributed by atoms with Crippen molar-refractivity contribution in [2.75, 3.05) is 18.5 Å². The largest absolute Gasteiger partial charge is 0.490 e. The van der Waals surface area contributed by atoms with Gasteiger partial charge in [0.15, 0.2) is 0 Å². The number of hydrogen-bond acceptors (Lipinski definition) is 3. The Morgan fingerprint density at radius 3 is 2.82 bits per heavy atom. The molecule has 0 spiro atoms. The van der Waals surface area contributed by atoms with Crippen LogP contribution in [-0.4, -0.2) is 18.1 Å². The van der Waals surface area contributed by atoms with Crippen molar-refractivity contribution in [1.29, 1.82) is 0 Å². The molecule has 4 heteroatoms. The summed E-state index contributed by atoms with van der Waals surface area (Å²) in [6, 6.07) is 11.8. The second kappa shape index (κ2) is 6.25. The van der Waals surface area contributed by atoms with Crippen molar-refractivity contribution in [3.05, 3.63) is 53.3 Å². The molecule has 1 N–H and O–H groups in total. The first kappa shape index (κ1) is 11.9. The van der Waals surface area contributed by atoms with Crippen LogP contribution in [0, 0.1) is 0 Å². The van der Waals surface area contributed by atoms with Crippen molar-refractivity contribution in [1.82, 2.24) is 4.98 Å². The third-order valence-electron chi connectivity index (χ3n) is 2.19. The van der Waals surface area contributed by atoms with Crippen LogP contribution in [0.2, 0.25) is 0 Å². The number of halogens is 1. The van der Waals surface area contributed by atoms with E-state index in [2.05, 4.69) is 26.2 Å². The lowest BCUT2D eigenvalue weighted by atomic mass is 10.3. The van der Waals surface area contributed by atoms with Crippen LogP contribution >= 0.6 is 15.9 Å². The topological polar surface area (TPSA) is 34.1 Å². The highest BCUT2D eigenvalue weighted by Gasteiger charge is 1.97. The molecule has 0 aliphatic rings. The highest BCUT2D eigenvalue weighted by Crippen LogP contribution is 2.20. The highest BCUT2D eigenvalue weighted by atomic mass is 79.9. The maximum Gasteiger partial charge on any atom is 0.137 e. The van der Waals surface area contributed by atoms with Crippen molar-refractivity contribution >= 4 is 21.6 Å². The Kier molecular flexibility index (Phi) is 4.38. The summed E-state index contributed by atoms with van der Waals surface area (Å²) in [4.78, 5) is 3.98. The van der Waals surface area contributed by atoms with Gasteiger partial charge in [0.1, 0.15) is 12.4 Å². The van der Waals surface area contributed by atoms with E-state index in [1.54, 1.807) is 12.4 Å². The van der Waals surface area contributed by atoms with Gasteiger partial charge < -0.3 is 10.1 Å². The van der Waals surface area contributed by atoms with E-state index in [1.165, 1.54) is 0 Å². The van der Waals surface area contributed by atoms with Crippen LogP contribution < -0.4 is 10.1 Å². The molecule has 1 aromatic carbocycles. The quantitative estimate of drug-likeness (QED) is 0.859. The van der Waals surface area contributed by atoms with E-state index < -0.39 is 0 Å². The first-order valence-corrected chi connectivity index (χ1v) is 6.17. The van der Waals surface area contributed by atoms with E-state index in [0.29, 0.717) is 6.61 Å². The zero-order chi connectivity index (χ0) is 11.9. The van der Waals surface area contributed by atoms with E-state index in [0.717, 1.165) is 22.5 Å². The van der Waals surface area contributed by atoms with Crippen molar-refractivity contribution in [3.8, 4) is 5.75 Å². The van der Waals surface area contributed by atoms with E-state index in [9.17, 15) is 0 Å². The molecule has 0 amide bonds. The summed E-state index contributed by atoms with van der Waals surface area (Å²) in [5.41, 5.74) is 1.07. The molecule has 0 saturated carbocycles. The van der Waals surface area contributed by atoms with Crippen LogP contribution in [0.3, 0.4) is 0 Å². The molecule has 1 heterocycles. The Bertz CT molecular complexity index is 462. The monoisotopic (exact) mass is 292 g/mol. The number of para-hydroxylation sites is 1. The highest BCUT2D eigenvalue weighted by molar-refractivity contribution is 9.10. The van der Waals surface area contributed by atoms with Gasteiger partial charge in [-0.1, -0.05) is 12.1 Å². The number of ether oxygens (including phenoxy) is 1. The van der Waals surface area contributed by atoms with Crippen molar-refractivity contribution in [2.45, 2.75) is 0 Å². The van der Waals surface area contributed by atoms with Gasteiger partial charge in [-0.3, -0.25) is 4.98 Å². The minimum Gasteiger partial charge on any atom is -0.490 e. The molecular formula is C13H13BrN2O. The molecule has 0 radical (unpaired) electrons. The fraction of sp³-hybridized carbons (Fsp3) is 0.154. The summed E-state index contributed by atoms with van der Waals surface area (Å²) in [5.74, 6) is 0.793. The lowest BCUT2D eigenvalue weighted by Crippen LogP contribution is -2.11. The van der Waals surface area contributed by atoms with Crippen LogP contribution in [-0.2, 0) is 0 Å². The normalized spacial score (nSPS) is 9.94. The first-order valence-electron chi connectivity index (χ1n) is 5.37. The molecule has 0 saturated heterocycles. The average Bonchev–Trinajstić information content (AvgIpc) is 2.38. The molecule has 2 aromatic rings. The van der Waals surface area contributed by atoms with Crippen LogP contribution in [0.15, 0.2) is 53.3 Å². The molecule has 88 valence electrons. The molecule has 17 heavy (non-hydrogen) atoms. The van der Waals surface area contributed by atoms with E-state index >= 15 is 0 Å². The predicted octanol–water partition coefficient (Wildman–Crippen LogP) is 3.34. The van der Waals surface area contributed by atoms with E-state index in [1.807, 2.05) is 36.4 Å². The summed E-state index contributed by atoms with van der Waals surface area (Å²) in [5, 5.41) is 3.29. The lowest BCUT2D eigenvalue weighted by Gasteiger charge is -2.09. The molecule has 2 rings (SSSR count). The summed E-state index contributed by atoms with van der Waals surface area (Å²) >= 11 is 3.48. The summed E-state index contributed by atoms with van der Waals surface area (Å²) in [6.07, 6.45) is 3.44. The van der Waals surface area contributed by atoms with E-state index in [4.69, 9.17) is 4.74 Å². The SMILES string of the molecule is Brc1ccccc1NCCOc1cccnc1. The second-order valence-electron chi connectivity index (χ2n) is 3.44. The molecular weight excluding hydrogens is 280 g/mol. The van der Waals surface area contributed by atoms with Gasteiger partial charge in [0.2, 0.25) is 0 Å². The third-order valence-corrected chi connectivity index (χ3v) is 2.89. The average molecular weight is 293 g/mol. The molecule has 0 atom stereocenters. The van der Waals surface area contributed by atoms with Gasteiger partial charge in [0.05, 0.1) is 6.20 Å². The van der Waals surface area contributed by atoms with Gasteiger partial charge >= 0.3 is 0 Å². The Balaban J connectivity index is 1.76. The maximum atomic E-state index is 5.53. The molecule has 3 nitrogen and oxygen atoms in total. The van der Waals surface area contributed by atoms with Gasteiger partial charge in [0, 0.05) is 22.9 Å². The number of benzene rings is 1. The first-order chi connectivity index (χ1) is 8.36. The smallest absolute Gasteiger partial charge is 0.137 e. The van der Waals surface area contributed by atoms with Crippen molar-refractivity contribution in [3.63, 3.8) is 0 Å². The molecule has 1 aromatic heterocycles. The zero-order valence-corrected chi connectivity index (χ0v) is 10.9. The summed E-state index contributed by atoms with van der Waals surface area (Å²) in [6.45, 7) is 1.35. The van der Waals surface area contributed by atoms with Gasteiger partial charge in [0.25, 0.3) is 0 Å². The molecule has 0 aliphatic carbocycles. The maximum absolute atomic E-state index is 5.53. The lowest BCUT2D eigenvalue weighted by molar-refractivity contribution is 0.331. The molecule has 0 unspecified atom stereocenters. The number of nitrogens with one attached hydrogen (secondary N) is 1. The van der Waals surface area contributed by atoms with Crippen LogP contribution in [0.5, 0.6) is 5.75 Å². The van der Waals surface area contributed by atoms with Crippen LogP contribution in [0.1, 0.15) is 0 Å². The number of hydrogen-bond donors (Lipinski definition) is 1. The van der Waals surface area contributed by atoms with E-state index in [-0.39, 0.29) is 0 Å². The minimum atomic E-state index is 0.604. The molecule has 0 aliphatic heterocycles. The third kappa shape index (κ3) is 3.75. The van der Waals surface area contributed by atoms with Gasteiger partial charge in [-0.15, -0.1) is 0 Å². The number of rotatable bonds is 5. The molecule has 0 fully saturated rings. The fourth-order valence-corrected chi connectivity index (χ4v) is 1.82. The zero-order valence-electron chi connectivity index (χ0n) is 9.27. The molecule has 0 bridgehead atoms. The summed E-state index contributed by atoms with van der Waals surface area (Å²) in [7, 11) is 0. The number of aromatic nitrogens is 1. The van der Waals surface area contributed by atoms with Crippen LogP contribution in [0.4, 0.5) is 5.69 Å². The second-order valence-corrected chi connectivity index (χ2v) is 4.30. The van der Waals surface area contributed by atoms with Crippen molar-refractivity contribution < 1.29 is 4.74 Å². The minimum absolute atomic E-state index is 0.604. The van der Waals surface area contributed by atoms with Gasteiger partial charge in [-0.05, 0) is 40.2 Å². The Hall–Kier alpha value is -1.55. The van der Waals surface area contributed by atoms with Crippen molar-refractivity contribution in [2.24, 2.45) is 0 Å². The standard InChI is InChI=1S/C13H13BrN2O/c14-12-5-1-2-6-13(12)16-8-9-17-11-4-3-7-15-10-11/h1-7,10,16H,8-9H2. The van der Waals surface area contributed by atoms with Gasteiger partial charge in [-0.2, -0.15) is 0 Å². The number of pyridine rings is 1. The predicted molar refractivity (Wildman–Crippen MR) is 72.4 cm³/mol. The fourth-order valence-electron chi connectivity index (χ4n) is 1.39.